The van der Waals surface area contributed by atoms with Gasteiger partial charge in [0.25, 0.3) is 5.91 Å². The van der Waals surface area contributed by atoms with Crippen LogP contribution in [-0.4, -0.2) is 22.1 Å². The molecule has 3 amide bonds. The van der Waals surface area contributed by atoms with Crippen molar-refractivity contribution >= 4 is 28.5 Å². The van der Waals surface area contributed by atoms with E-state index in [-0.39, 0.29) is 17.8 Å². The predicted molar refractivity (Wildman–Crippen MR) is 124 cm³/mol. The van der Waals surface area contributed by atoms with Crippen molar-refractivity contribution in [3.63, 3.8) is 0 Å². The maximum atomic E-state index is 13.2. The molecule has 4 N–H and O–H groups in total. The van der Waals surface area contributed by atoms with E-state index >= 15 is 0 Å². The Kier molecular flexibility index (Phi) is 5.10. The Bertz CT molecular complexity index is 1390. The minimum atomic E-state index is -0.626. The highest BCUT2D eigenvalue weighted by atomic mass is 19.1. The number of amides is 3. The monoisotopic (exact) mass is 441 g/mol. The van der Waals surface area contributed by atoms with Gasteiger partial charge in [-0.15, -0.1) is 0 Å². The van der Waals surface area contributed by atoms with Gasteiger partial charge in [0.1, 0.15) is 5.82 Å². The number of H-pyrrole nitrogens is 1. The first-order valence-corrected chi connectivity index (χ1v) is 10.4. The number of aromatic amines is 1. The average Bonchev–Trinajstić information content (AvgIpc) is 3.27. The summed E-state index contributed by atoms with van der Waals surface area (Å²) in [6.07, 6.45) is 1.68. The molecule has 1 atom stereocenters. The number of carbonyl (C=O) groups is 2. The molecule has 8 heteroatoms. The summed E-state index contributed by atoms with van der Waals surface area (Å²) in [6.45, 7) is 1.70. The van der Waals surface area contributed by atoms with E-state index in [1.54, 1.807) is 31.3 Å². The fourth-order valence-corrected chi connectivity index (χ4v) is 3.97. The minimum Gasteiger partial charge on any atom is -0.327 e. The van der Waals surface area contributed by atoms with Gasteiger partial charge in [0.2, 0.25) is 0 Å². The number of carbonyl (C=O) groups excluding carboxylic acids is 2. The van der Waals surface area contributed by atoms with Gasteiger partial charge in [-0.2, -0.15) is 5.10 Å². The standard InChI is InChI=1S/C25H20FN5O2/c1-14-22(24(32)29-20-10-11-21-18(12-20)13-27-31-21)23(30-25(33)28-14)17-4-2-15(3-5-17)16-6-8-19(26)9-7-16/h2-13,23H,1H3,(H,27,31)(H,29,32)(H2,28,30,33). The van der Waals surface area contributed by atoms with Crippen molar-refractivity contribution in [2.45, 2.75) is 13.0 Å². The molecule has 7 nitrogen and oxygen atoms in total. The smallest absolute Gasteiger partial charge is 0.319 e. The van der Waals surface area contributed by atoms with Crippen molar-refractivity contribution in [3.8, 4) is 11.1 Å². The number of halogens is 1. The molecular weight excluding hydrogens is 421 g/mol. The molecular formula is C25H20FN5O2. The fraction of sp³-hybridized carbons (Fsp3) is 0.0800. The van der Waals surface area contributed by atoms with Crippen molar-refractivity contribution in [2.75, 3.05) is 5.32 Å². The molecule has 0 aliphatic carbocycles. The molecule has 0 spiro atoms. The third-order valence-corrected chi connectivity index (χ3v) is 5.63. The first kappa shape index (κ1) is 20.4. The Hall–Kier alpha value is -4.46. The lowest BCUT2D eigenvalue weighted by molar-refractivity contribution is -0.113. The predicted octanol–water partition coefficient (Wildman–Crippen LogP) is 4.64. The number of urea groups is 1. The zero-order valence-electron chi connectivity index (χ0n) is 17.6. The van der Waals surface area contributed by atoms with E-state index < -0.39 is 6.04 Å². The highest BCUT2D eigenvalue weighted by Crippen LogP contribution is 2.30. The fourth-order valence-electron chi connectivity index (χ4n) is 3.97. The molecule has 0 radical (unpaired) electrons. The second-order valence-corrected chi connectivity index (χ2v) is 7.83. The van der Waals surface area contributed by atoms with Crippen LogP contribution in [0.15, 0.2) is 84.2 Å². The molecule has 0 saturated heterocycles. The number of rotatable bonds is 4. The van der Waals surface area contributed by atoms with Crippen molar-refractivity contribution in [1.29, 1.82) is 0 Å². The van der Waals surface area contributed by atoms with E-state index in [0.717, 1.165) is 27.6 Å². The van der Waals surface area contributed by atoms with E-state index in [2.05, 4.69) is 26.1 Å². The molecule has 3 aromatic carbocycles. The molecule has 0 fully saturated rings. The van der Waals surface area contributed by atoms with Gasteiger partial charge in [0.05, 0.1) is 23.3 Å². The Morgan fingerprint density at radius 3 is 2.42 bits per heavy atom. The summed E-state index contributed by atoms with van der Waals surface area (Å²) >= 11 is 0. The summed E-state index contributed by atoms with van der Waals surface area (Å²) in [4.78, 5) is 25.4. The average molecular weight is 441 g/mol. The quantitative estimate of drug-likeness (QED) is 0.371. The second kappa shape index (κ2) is 8.23. The molecule has 1 aliphatic heterocycles. The van der Waals surface area contributed by atoms with Gasteiger partial charge < -0.3 is 16.0 Å². The van der Waals surface area contributed by atoms with Gasteiger partial charge in [-0.1, -0.05) is 36.4 Å². The van der Waals surface area contributed by atoms with Crippen LogP contribution in [0.3, 0.4) is 0 Å². The summed E-state index contributed by atoms with van der Waals surface area (Å²) in [7, 11) is 0. The van der Waals surface area contributed by atoms with E-state index in [4.69, 9.17) is 0 Å². The molecule has 5 rings (SSSR count). The molecule has 164 valence electrons. The van der Waals surface area contributed by atoms with Gasteiger partial charge in [0, 0.05) is 16.8 Å². The topological polar surface area (TPSA) is 98.9 Å². The summed E-state index contributed by atoms with van der Waals surface area (Å²) in [6, 6.07) is 18.2. The van der Waals surface area contributed by atoms with Gasteiger partial charge in [-0.25, -0.2) is 9.18 Å². The number of nitrogens with zero attached hydrogens (tertiary/aromatic N) is 1. The number of hydrogen-bond donors (Lipinski definition) is 4. The maximum absolute atomic E-state index is 13.2. The lowest BCUT2D eigenvalue weighted by atomic mass is 9.93. The summed E-state index contributed by atoms with van der Waals surface area (Å²) in [5.74, 6) is -0.619. The van der Waals surface area contributed by atoms with Crippen molar-refractivity contribution < 1.29 is 14.0 Å². The maximum Gasteiger partial charge on any atom is 0.319 e. The van der Waals surface area contributed by atoms with Gasteiger partial charge >= 0.3 is 6.03 Å². The zero-order valence-corrected chi connectivity index (χ0v) is 17.6. The van der Waals surface area contributed by atoms with Crippen LogP contribution in [0, 0.1) is 5.82 Å². The number of anilines is 1. The lowest BCUT2D eigenvalue weighted by Crippen LogP contribution is -2.45. The van der Waals surface area contributed by atoms with Gasteiger partial charge in [-0.05, 0) is 53.9 Å². The molecule has 0 saturated carbocycles. The molecule has 1 aromatic heterocycles. The largest absolute Gasteiger partial charge is 0.327 e. The van der Waals surface area contributed by atoms with Crippen LogP contribution in [0.2, 0.25) is 0 Å². The summed E-state index contributed by atoms with van der Waals surface area (Å²) < 4.78 is 13.2. The number of fused-ring (bicyclic) bond motifs is 1. The molecule has 1 aliphatic rings. The second-order valence-electron chi connectivity index (χ2n) is 7.83. The summed E-state index contributed by atoms with van der Waals surface area (Å²) in [5.41, 5.74) is 4.91. The van der Waals surface area contributed by atoms with Gasteiger partial charge in [-0.3, -0.25) is 9.89 Å². The lowest BCUT2D eigenvalue weighted by Gasteiger charge is -2.28. The Morgan fingerprint density at radius 1 is 1.00 bits per heavy atom. The number of allylic oxidation sites excluding steroid dienone is 1. The van der Waals surface area contributed by atoms with E-state index in [1.165, 1.54) is 12.1 Å². The number of nitrogens with one attached hydrogen (secondary N) is 4. The Balaban J connectivity index is 1.43. The van der Waals surface area contributed by atoms with Crippen molar-refractivity contribution in [2.24, 2.45) is 0 Å². The zero-order chi connectivity index (χ0) is 22.9. The van der Waals surface area contributed by atoms with E-state index in [1.807, 2.05) is 36.4 Å². The highest BCUT2D eigenvalue weighted by Gasteiger charge is 2.31. The van der Waals surface area contributed by atoms with E-state index in [0.29, 0.717) is 17.0 Å². The molecule has 2 heterocycles. The number of aromatic nitrogens is 2. The van der Waals surface area contributed by atoms with Crippen LogP contribution in [0.1, 0.15) is 18.5 Å². The SMILES string of the molecule is CC1=C(C(=O)Nc2ccc3[nH]ncc3c2)C(c2ccc(-c3ccc(F)cc3)cc2)NC(=O)N1. The van der Waals surface area contributed by atoms with Crippen LogP contribution in [-0.2, 0) is 4.79 Å². The molecule has 1 unspecified atom stereocenters. The Labute approximate surface area is 188 Å². The third kappa shape index (κ3) is 4.06. The van der Waals surface area contributed by atoms with E-state index in [9.17, 15) is 14.0 Å². The van der Waals surface area contributed by atoms with Crippen LogP contribution >= 0.6 is 0 Å². The number of benzene rings is 3. The first-order chi connectivity index (χ1) is 16.0. The Morgan fingerprint density at radius 2 is 1.70 bits per heavy atom. The van der Waals surface area contributed by atoms with Crippen LogP contribution in [0.5, 0.6) is 0 Å². The normalized spacial score (nSPS) is 15.8. The first-order valence-electron chi connectivity index (χ1n) is 10.4. The van der Waals surface area contributed by atoms with Gasteiger partial charge in [0.15, 0.2) is 0 Å². The minimum absolute atomic E-state index is 0.295. The molecule has 0 bridgehead atoms. The number of hydrogen-bond acceptors (Lipinski definition) is 3. The van der Waals surface area contributed by atoms with Crippen LogP contribution in [0.25, 0.3) is 22.0 Å². The van der Waals surface area contributed by atoms with Crippen LogP contribution < -0.4 is 16.0 Å². The third-order valence-electron chi connectivity index (χ3n) is 5.63. The van der Waals surface area contributed by atoms with Crippen molar-refractivity contribution in [3.05, 3.63) is 95.6 Å². The van der Waals surface area contributed by atoms with Crippen LogP contribution in [0.4, 0.5) is 14.9 Å². The molecule has 4 aromatic rings. The van der Waals surface area contributed by atoms with Crippen molar-refractivity contribution in [1.82, 2.24) is 20.8 Å². The highest BCUT2D eigenvalue weighted by molar-refractivity contribution is 6.07. The molecule has 33 heavy (non-hydrogen) atoms. The summed E-state index contributed by atoms with van der Waals surface area (Å²) in [5, 5.41) is 16.2.